The molecule has 0 aromatic heterocycles. The summed E-state index contributed by atoms with van der Waals surface area (Å²) in [6, 6.07) is 0. The molecule has 0 aliphatic carbocycles. The number of carbonyl (C=O) groups excluding carboxylic acids is 1. The molecule has 136 valence electrons. The van der Waals surface area contributed by atoms with Crippen molar-refractivity contribution in [1.29, 1.82) is 0 Å². The van der Waals surface area contributed by atoms with Crippen molar-refractivity contribution in [1.82, 2.24) is 0 Å². The zero-order valence-corrected chi connectivity index (χ0v) is 15.0. The van der Waals surface area contributed by atoms with E-state index in [1.807, 2.05) is 0 Å². The fraction of sp³-hybridized carbons (Fsp3) is 0.842. The summed E-state index contributed by atoms with van der Waals surface area (Å²) in [4.78, 5) is 10.9. The Morgan fingerprint density at radius 3 is 1.83 bits per heavy atom. The summed E-state index contributed by atoms with van der Waals surface area (Å²) in [5.41, 5.74) is 0. The molecule has 2 N–H and O–H groups in total. The van der Waals surface area contributed by atoms with Gasteiger partial charge in [-0.15, -0.1) is 0 Å². The summed E-state index contributed by atoms with van der Waals surface area (Å²) in [7, 11) is 1.41. The van der Waals surface area contributed by atoms with Crippen LogP contribution < -0.4 is 0 Å². The van der Waals surface area contributed by atoms with Crippen molar-refractivity contribution >= 4 is 5.97 Å². The highest BCUT2D eigenvalue weighted by Gasteiger charge is 2.03. The summed E-state index contributed by atoms with van der Waals surface area (Å²) in [5.74, 6) is -0.156. The normalized spacial score (nSPS) is 14.1. The highest BCUT2D eigenvalue weighted by atomic mass is 16.5. The van der Waals surface area contributed by atoms with E-state index in [2.05, 4.69) is 11.7 Å². The van der Waals surface area contributed by atoms with Crippen molar-refractivity contribution in [2.45, 2.75) is 96.2 Å². The standard InChI is InChI=1S/C19H36O4/c1-3-4-5-6-9-12-17(20)15-16-18(21)13-10-7-8-11-14-19(22)23-2/h15-18,20-21H,3-14H2,1-2H3/b16-15+/t17-,18+/m0/s1. The molecule has 0 amide bonds. The molecule has 0 rings (SSSR count). The van der Waals surface area contributed by atoms with Gasteiger partial charge in [0.05, 0.1) is 19.3 Å². The molecule has 2 atom stereocenters. The van der Waals surface area contributed by atoms with Crippen LogP contribution in [0.5, 0.6) is 0 Å². The van der Waals surface area contributed by atoms with Crippen LogP contribution in [0.4, 0.5) is 0 Å². The number of rotatable bonds is 15. The Labute approximate surface area is 141 Å². The molecule has 0 aliphatic heterocycles. The van der Waals surface area contributed by atoms with Gasteiger partial charge in [0, 0.05) is 6.42 Å². The molecule has 0 unspecified atom stereocenters. The first-order chi connectivity index (χ1) is 11.1. The van der Waals surface area contributed by atoms with Crippen molar-refractivity contribution in [3.63, 3.8) is 0 Å². The second kappa shape index (κ2) is 16.0. The van der Waals surface area contributed by atoms with E-state index in [9.17, 15) is 15.0 Å². The van der Waals surface area contributed by atoms with E-state index in [1.165, 1.54) is 32.8 Å². The number of carbonyl (C=O) groups is 1. The Morgan fingerprint density at radius 1 is 0.870 bits per heavy atom. The molecule has 0 saturated heterocycles. The minimum absolute atomic E-state index is 0.156. The molecule has 0 aliphatic rings. The van der Waals surface area contributed by atoms with E-state index < -0.39 is 12.2 Å². The lowest BCUT2D eigenvalue weighted by Crippen LogP contribution is -2.06. The zero-order valence-electron chi connectivity index (χ0n) is 15.0. The smallest absolute Gasteiger partial charge is 0.305 e. The Balaban J connectivity index is 3.52. The molecule has 4 nitrogen and oxygen atoms in total. The van der Waals surface area contributed by atoms with Gasteiger partial charge < -0.3 is 14.9 Å². The van der Waals surface area contributed by atoms with Gasteiger partial charge >= 0.3 is 5.97 Å². The minimum atomic E-state index is -0.481. The predicted octanol–water partition coefficient (Wildman–Crippen LogP) is 4.14. The third kappa shape index (κ3) is 15.8. The summed E-state index contributed by atoms with van der Waals surface area (Å²) in [6.07, 6.45) is 14.2. The Hall–Kier alpha value is -0.870. The summed E-state index contributed by atoms with van der Waals surface area (Å²) >= 11 is 0. The molecule has 4 heteroatoms. The van der Waals surface area contributed by atoms with Crippen LogP contribution in [-0.4, -0.2) is 35.5 Å². The van der Waals surface area contributed by atoms with Crippen LogP contribution in [0.3, 0.4) is 0 Å². The quantitative estimate of drug-likeness (QED) is 0.269. The SMILES string of the molecule is CCCCCCC[C@H](O)/C=C/[C@H](O)CCCCCCC(=O)OC. The van der Waals surface area contributed by atoms with Gasteiger partial charge in [-0.25, -0.2) is 0 Å². The second-order valence-electron chi connectivity index (χ2n) is 6.25. The van der Waals surface area contributed by atoms with E-state index >= 15 is 0 Å². The number of aliphatic hydroxyl groups is 2. The molecular formula is C19H36O4. The average molecular weight is 328 g/mol. The Morgan fingerprint density at radius 2 is 1.35 bits per heavy atom. The number of methoxy groups -OCH3 is 1. The van der Waals surface area contributed by atoms with Crippen molar-refractivity contribution < 1.29 is 19.7 Å². The lowest BCUT2D eigenvalue weighted by Gasteiger charge is -2.08. The Kier molecular flexibility index (Phi) is 15.4. The Bertz CT molecular complexity index is 302. The first-order valence-corrected chi connectivity index (χ1v) is 9.21. The first kappa shape index (κ1) is 22.1. The number of unbranched alkanes of at least 4 members (excludes halogenated alkanes) is 7. The maximum Gasteiger partial charge on any atom is 0.305 e. The van der Waals surface area contributed by atoms with Gasteiger partial charge in [-0.05, 0) is 19.3 Å². The zero-order chi connectivity index (χ0) is 17.3. The van der Waals surface area contributed by atoms with E-state index in [0.29, 0.717) is 12.8 Å². The number of esters is 1. The molecule has 0 heterocycles. The predicted molar refractivity (Wildman–Crippen MR) is 94.2 cm³/mol. The van der Waals surface area contributed by atoms with Crippen LogP contribution in [0.25, 0.3) is 0 Å². The van der Waals surface area contributed by atoms with Crippen LogP contribution in [0, 0.1) is 0 Å². The number of aliphatic hydroxyl groups excluding tert-OH is 2. The van der Waals surface area contributed by atoms with Gasteiger partial charge in [-0.3, -0.25) is 4.79 Å². The van der Waals surface area contributed by atoms with Crippen molar-refractivity contribution in [3.05, 3.63) is 12.2 Å². The van der Waals surface area contributed by atoms with Crippen molar-refractivity contribution in [3.8, 4) is 0 Å². The summed E-state index contributed by atoms with van der Waals surface area (Å²) < 4.78 is 4.58. The van der Waals surface area contributed by atoms with Crippen LogP contribution in [0.1, 0.15) is 84.0 Å². The average Bonchev–Trinajstić information content (AvgIpc) is 2.55. The third-order valence-electron chi connectivity index (χ3n) is 4.02. The van der Waals surface area contributed by atoms with E-state index in [1.54, 1.807) is 12.2 Å². The van der Waals surface area contributed by atoms with Crippen molar-refractivity contribution in [2.75, 3.05) is 7.11 Å². The molecule has 0 fully saturated rings. The van der Waals surface area contributed by atoms with Crippen LogP contribution >= 0.6 is 0 Å². The van der Waals surface area contributed by atoms with Crippen LogP contribution in [0.15, 0.2) is 12.2 Å². The molecule has 0 aromatic rings. The fourth-order valence-electron chi connectivity index (χ4n) is 2.48. The monoisotopic (exact) mass is 328 g/mol. The molecule has 0 spiro atoms. The molecule has 0 bridgehead atoms. The van der Waals surface area contributed by atoms with Gasteiger partial charge in [0.25, 0.3) is 0 Å². The van der Waals surface area contributed by atoms with Gasteiger partial charge in [-0.1, -0.05) is 70.4 Å². The van der Waals surface area contributed by atoms with Gasteiger partial charge in [-0.2, -0.15) is 0 Å². The van der Waals surface area contributed by atoms with E-state index in [4.69, 9.17) is 0 Å². The highest BCUT2D eigenvalue weighted by molar-refractivity contribution is 5.68. The maximum atomic E-state index is 10.9. The van der Waals surface area contributed by atoms with E-state index in [-0.39, 0.29) is 5.97 Å². The first-order valence-electron chi connectivity index (χ1n) is 9.21. The number of hydrogen-bond acceptors (Lipinski definition) is 4. The number of hydrogen-bond donors (Lipinski definition) is 2. The van der Waals surface area contributed by atoms with Gasteiger partial charge in [0.2, 0.25) is 0 Å². The third-order valence-corrected chi connectivity index (χ3v) is 4.02. The second-order valence-corrected chi connectivity index (χ2v) is 6.25. The summed E-state index contributed by atoms with van der Waals surface area (Å²) in [6.45, 7) is 2.19. The van der Waals surface area contributed by atoms with Crippen molar-refractivity contribution in [2.24, 2.45) is 0 Å². The van der Waals surface area contributed by atoms with E-state index in [0.717, 1.165) is 38.5 Å². The molecule has 0 saturated carbocycles. The molecular weight excluding hydrogens is 292 g/mol. The fourth-order valence-corrected chi connectivity index (χ4v) is 2.48. The largest absolute Gasteiger partial charge is 0.469 e. The van der Waals surface area contributed by atoms with Crippen LogP contribution in [-0.2, 0) is 9.53 Å². The van der Waals surface area contributed by atoms with Gasteiger partial charge in [0.15, 0.2) is 0 Å². The topological polar surface area (TPSA) is 66.8 Å². The van der Waals surface area contributed by atoms with Gasteiger partial charge in [0.1, 0.15) is 0 Å². The minimum Gasteiger partial charge on any atom is -0.469 e. The maximum absolute atomic E-state index is 10.9. The summed E-state index contributed by atoms with van der Waals surface area (Å²) in [5, 5.41) is 19.7. The lowest BCUT2D eigenvalue weighted by molar-refractivity contribution is -0.140. The number of ether oxygens (including phenoxy) is 1. The molecule has 23 heavy (non-hydrogen) atoms. The molecule has 0 aromatic carbocycles. The van der Waals surface area contributed by atoms with Crippen LogP contribution in [0.2, 0.25) is 0 Å². The lowest BCUT2D eigenvalue weighted by atomic mass is 10.1. The molecule has 0 radical (unpaired) electrons. The highest BCUT2D eigenvalue weighted by Crippen LogP contribution is 2.11.